The normalized spacial score (nSPS) is 19.8. The second-order valence-electron chi connectivity index (χ2n) is 4.78. The SMILES string of the molecule is CNCC1CCCN(c2ccc(C(N)=O)cn2)C1. The zero-order valence-corrected chi connectivity index (χ0v) is 10.7. The van der Waals surface area contributed by atoms with Crippen LogP contribution in [0.15, 0.2) is 18.3 Å². The highest BCUT2D eigenvalue weighted by atomic mass is 16.1. The maximum atomic E-state index is 11.0. The van der Waals surface area contributed by atoms with Gasteiger partial charge >= 0.3 is 0 Å². The van der Waals surface area contributed by atoms with Gasteiger partial charge < -0.3 is 16.0 Å². The van der Waals surface area contributed by atoms with Gasteiger partial charge in [-0.15, -0.1) is 0 Å². The molecule has 1 saturated heterocycles. The maximum absolute atomic E-state index is 11.0. The average Bonchev–Trinajstić information content (AvgIpc) is 2.39. The van der Waals surface area contributed by atoms with Crippen LogP contribution in [-0.4, -0.2) is 37.6 Å². The minimum absolute atomic E-state index is 0.430. The molecule has 5 heteroatoms. The summed E-state index contributed by atoms with van der Waals surface area (Å²) in [5.41, 5.74) is 5.66. The van der Waals surface area contributed by atoms with E-state index < -0.39 is 5.91 Å². The fourth-order valence-corrected chi connectivity index (χ4v) is 2.45. The van der Waals surface area contributed by atoms with Gasteiger partial charge in [0.25, 0.3) is 0 Å². The van der Waals surface area contributed by atoms with Crippen LogP contribution in [0.25, 0.3) is 0 Å². The number of hydrogen-bond donors (Lipinski definition) is 2. The van der Waals surface area contributed by atoms with Crippen molar-refractivity contribution in [3.63, 3.8) is 0 Å². The van der Waals surface area contributed by atoms with Gasteiger partial charge in [-0.3, -0.25) is 4.79 Å². The van der Waals surface area contributed by atoms with Crippen LogP contribution in [0.3, 0.4) is 0 Å². The number of carbonyl (C=O) groups excluding carboxylic acids is 1. The van der Waals surface area contributed by atoms with Crippen LogP contribution in [0.1, 0.15) is 23.2 Å². The lowest BCUT2D eigenvalue weighted by atomic mass is 9.98. The van der Waals surface area contributed by atoms with E-state index in [4.69, 9.17) is 5.73 Å². The molecule has 1 amide bonds. The molecule has 0 spiro atoms. The van der Waals surface area contributed by atoms with E-state index in [9.17, 15) is 4.79 Å². The fourth-order valence-electron chi connectivity index (χ4n) is 2.45. The van der Waals surface area contributed by atoms with E-state index in [-0.39, 0.29) is 0 Å². The van der Waals surface area contributed by atoms with Crippen LogP contribution in [0.4, 0.5) is 5.82 Å². The third-order valence-corrected chi connectivity index (χ3v) is 3.37. The first-order valence-electron chi connectivity index (χ1n) is 6.36. The van der Waals surface area contributed by atoms with E-state index in [2.05, 4.69) is 15.2 Å². The highest BCUT2D eigenvalue weighted by Crippen LogP contribution is 2.21. The molecule has 0 aromatic carbocycles. The van der Waals surface area contributed by atoms with Crippen LogP contribution >= 0.6 is 0 Å². The Morgan fingerprint density at radius 3 is 3.06 bits per heavy atom. The van der Waals surface area contributed by atoms with Crippen LogP contribution < -0.4 is 16.0 Å². The van der Waals surface area contributed by atoms with Crippen molar-refractivity contribution in [2.75, 3.05) is 31.6 Å². The number of aromatic nitrogens is 1. The Morgan fingerprint density at radius 1 is 1.61 bits per heavy atom. The van der Waals surface area contributed by atoms with Crippen molar-refractivity contribution >= 4 is 11.7 Å². The van der Waals surface area contributed by atoms with Crippen molar-refractivity contribution in [3.05, 3.63) is 23.9 Å². The summed E-state index contributed by atoms with van der Waals surface area (Å²) in [5.74, 6) is 1.17. The molecule has 1 aromatic rings. The number of rotatable bonds is 4. The molecule has 0 saturated carbocycles. The van der Waals surface area contributed by atoms with Gasteiger partial charge in [0.05, 0.1) is 5.56 Å². The largest absolute Gasteiger partial charge is 0.366 e. The van der Waals surface area contributed by atoms with E-state index in [0.29, 0.717) is 11.5 Å². The molecule has 1 aliphatic rings. The molecule has 0 radical (unpaired) electrons. The monoisotopic (exact) mass is 248 g/mol. The molecule has 0 aliphatic carbocycles. The second kappa shape index (κ2) is 5.82. The minimum Gasteiger partial charge on any atom is -0.366 e. The van der Waals surface area contributed by atoms with E-state index in [1.807, 2.05) is 13.1 Å². The molecular formula is C13H20N4O. The van der Waals surface area contributed by atoms with Gasteiger partial charge in [0, 0.05) is 19.3 Å². The van der Waals surface area contributed by atoms with Crippen molar-refractivity contribution in [1.82, 2.24) is 10.3 Å². The summed E-state index contributed by atoms with van der Waals surface area (Å²) >= 11 is 0. The number of hydrogen-bond acceptors (Lipinski definition) is 4. The van der Waals surface area contributed by atoms with Crippen LogP contribution in [-0.2, 0) is 0 Å². The predicted molar refractivity (Wildman–Crippen MR) is 71.6 cm³/mol. The summed E-state index contributed by atoms with van der Waals surface area (Å²) in [5, 5.41) is 3.23. The van der Waals surface area contributed by atoms with Gasteiger partial charge in [0.2, 0.25) is 5.91 Å². The summed E-state index contributed by atoms with van der Waals surface area (Å²) in [4.78, 5) is 17.6. The van der Waals surface area contributed by atoms with E-state index in [1.165, 1.54) is 12.8 Å². The highest BCUT2D eigenvalue weighted by Gasteiger charge is 2.20. The van der Waals surface area contributed by atoms with Gasteiger partial charge in [0.1, 0.15) is 5.82 Å². The van der Waals surface area contributed by atoms with Crippen molar-refractivity contribution in [3.8, 4) is 0 Å². The smallest absolute Gasteiger partial charge is 0.250 e. The molecule has 1 unspecified atom stereocenters. The topological polar surface area (TPSA) is 71.2 Å². The lowest BCUT2D eigenvalue weighted by Gasteiger charge is -2.33. The lowest BCUT2D eigenvalue weighted by molar-refractivity contribution is 0.1000. The molecule has 2 rings (SSSR count). The molecule has 5 nitrogen and oxygen atoms in total. The maximum Gasteiger partial charge on any atom is 0.250 e. The Bertz CT molecular complexity index is 402. The second-order valence-corrected chi connectivity index (χ2v) is 4.78. The van der Waals surface area contributed by atoms with Gasteiger partial charge in [-0.2, -0.15) is 0 Å². The van der Waals surface area contributed by atoms with Crippen LogP contribution in [0.2, 0.25) is 0 Å². The summed E-state index contributed by atoms with van der Waals surface area (Å²) in [6.07, 6.45) is 4.00. The molecule has 18 heavy (non-hydrogen) atoms. The standard InChI is InChI=1S/C13H20N4O/c1-15-7-10-3-2-6-17(9-10)12-5-4-11(8-16-12)13(14)18/h4-5,8,10,15H,2-3,6-7,9H2,1H3,(H2,14,18). The Balaban J connectivity index is 2.04. The van der Waals surface area contributed by atoms with Gasteiger partial charge in [0.15, 0.2) is 0 Å². The van der Waals surface area contributed by atoms with E-state index >= 15 is 0 Å². The number of pyridine rings is 1. The Morgan fingerprint density at radius 2 is 2.44 bits per heavy atom. The molecule has 1 atom stereocenters. The molecule has 1 aromatic heterocycles. The summed E-state index contributed by atoms with van der Waals surface area (Å²) < 4.78 is 0. The van der Waals surface area contributed by atoms with Crippen LogP contribution in [0, 0.1) is 5.92 Å². The van der Waals surface area contributed by atoms with Crippen molar-refractivity contribution < 1.29 is 4.79 Å². The molecular weight excluding hydrogens is 228 g/mol. The highest BCUT2D eigenvalue weighted by molar-refractivity contribution is 5.92. The average molecular weight is 248 g/mol. The molecule has 1 fully saturated rings. The fraction of sp³-hybridized carbons (Fsp3) is 0.538. The Hall–Kier alpha value is -1.62. The minimum atomic E-state index is -0.430. The molecule has 98 valence electrons. The molecule has 0 bridgehead atoms. The number of amides is 1. The zero-order chi connectivity index (χ0) is 13.0. The first kappa shape index (κ1) is 12.8. The summed E-state index contributed by atoms with van der Waals surface area (Å²) in [7, 11) is 1.98. The number of nitrogens with zero attached hydrogens (tertiary/aromatic N) is 2. The van der Waals surface area contributed by atoms with Crippen LogP contribution in [0.5, 0.6) is 0 Å². The number of carbonyl (C=O) groups is 1. The number of nitrogens with one attached hydrogen (secondary N) is 1. The number of anilines is 1. The predicted octanol–water partition coefficient (Wildman–Crippen LogP) is 0.616. The number of piperidine rings is 1. The molecule has 2 heterocycles. The summed E-state index contributed by atoms with van der Waals surface area (Å²) in [6.45, 7) is 3.09. The molecule has 3 N–H and O–H groups in total. The Kier molecular flexibility index (Phi) is 4.15. The first-order chi connectivity index (χ1) is 8.70. The van der Waals surface area contributed by atoms with Crippen molar-refractivity contribution in [1.29, 1.82) is 0 Å². The number of nitrogens with two attached hydrogens (primary N) is 1. The quantitative estimate of drug-likeness (QED) is 0.819. The first-order valence-corrected chi connectivity index (χ1v) is 6.36. The van der Waals surface area contributed by atoms with Gasteiger partial charge in [-0.1, -0.05) is 0 Å². The third-order valence-electron chi connectivity index (χ3n) is 3.37. The van der Waals surface area contributed by atoms with Crippen molar-refractivity contribution in [2.45, 2.75) is 12.8 Å². The summed E-state index contributed by atoms with van der Waals surface area (Å²) in [6, 6.07) is 3.62. The third kappa shape index (κ3) is 2.98. The molecule has 1 aliphatic heterocycles. The zero-order valence-electron chi connectivity index (χ0n) is 10.7. The Labute approximate surface area is 107 Å². The van der Waals surface area contributed by atoms with Gasteiger partial charge in [-0.05, 0) is 44.5 Å². The lowest BCUT2D eigenvalue weighted by Crippen LogP contribution is -2.39. The van der Waals surface area contributed by atoms with Gasteiger partial charge in [-0.25, -0.2) is 4.98 Å². The van der Waals surface area contributed by atoms with E-state index in [1.54, 1.807) is 12.3 Å². The van der Waals surface area contributed by atoms with E-state index in [0.717, 1.165) is 25.5 Å². The van der Waals surface area contributed by atoms with Crippen molar-refractivity contribution in [2.24, 2.45) is 11.7 Å². The number of primary amides is 1.